The van der Waals surface area contributed by atoms with E-state index in [2.05, 4.69) is 25.7 Å². The number of nitrogens with one attached hydrogen (secondary N) is 2. The van der Waals surface area contributed by atoms with Gasteiger partial charge in [-0.05, 0) is 52.0 Å². The zero-order valence-corrected chi connectivity index (χ0v) is 11.5. The number of nitrogens with zero attached hydrogens (tertiary/aromatic N) is 3. The van der Waals surface area contributed by atoms with Crippen molar-refractivity contribution in [2.75, 3.05) is 32.5 Å². The summed E-state index contributed by atoms with van der Waals surface area (Å²) in [5.41, 5.74) is 0.367. The maximum atomic E-state index is 11.8. The molecular formula is C13H21N5O. The van der Waals surface area contributed by atoms with E-state index in [1.165, 1.54) is 12.8 Å². The van der Waals surface area contributed by atoms with E-state index < -0.39 is 0 Å². The quantitative estimate of drug-likeness (QED) is 0.710. The highest BCUT2D eigenvalue weighted by atomic mass is 16.1. The van der Waals surface area contributed by atoms with Crippen molar-refractivity contribution in [1.82, 2.24) is 20.4 Å². The van der Waals surface area contributed by atoms with Gasteiger partial charge in [0.15, 0.2) is 5.69 Å². The molecule has 104 valence electrons. The summed E-state index contributed by atoms with van der Waals surface area (Å²) in [4.78, 5) is 13.9. The standard InChI is InChI=1S/C13H21N5O/c1-18(2)9-3-8-14-13(19)11-6-7-12(17-16-11)15-10-4-5-10/h6-7,10H,3-5,8-9H2,1-2H3,(H,14,19)(H,15,17). The molecule has 0 unspecified atom stereocenters. The molecule has 0 radical (unpaired) electrons. The second kappa shape index (κ2) is 6.47. The molecule has 2 rings (SSSR count). The van der Waals surface area contributed by atoms with Crippen molar-refractivity contribution in [2.45, 2.75) is 25.3 Å². The lowest BCUT2D eigenvalue weighted by atomic mass is 10.3. The summed E-state index contributed by atoms with van der Waals surface area (Å²) in [6, 6.07) is 4.05. The minimum atomic E-state index is -0.163. The largest absolute Gasteiger partial charge is 0.366 e. The minimum absolute atomic E-state index is 0.163. The van der Waals surface area contributed by atoms with E-state index in [1.807, 2.05) is 14.1 Å². The molecule has 0 spiro atoms. The lowest BCUT2D eigenvalue weighted by molar-refractivity contribution is 0.0946. The zero-order valence-electron chi connectivity index (χ0n) is 11.5. The number of amides is 1. The maximum Gasteiger partial charge on any atom is 0.271 e. The first-order chi connectivity index (χ1) is 9.15. The van der Waals surface area contributed by atoms with Gasteiger partial charge in [0.25, 0.3) is 5.91 Å². The highest BCUT2D eigenvalue weighted by Gasteiger charge is 2.21. The van der Waals surface area contributed by atoms with Gasteiger partial charge in [0.2, 0.25) is 0 Å². The Balaban J connectivity index is 1.75. The van der Waals surface area contributed by atoms with E-state index in [4.69, 9.17) is 0 Å². The van der Waals surface area contributed by atoms with E-state index in [-0.39, 0.29) is 5.91 Å². The van der Waals surface area contributed by atoms with Crippen LogP contribution in [0.2, 0.25) is 0 Å². The number of rotatable bonds is 7. The van der Waals surface area contributed by atoms with E-state index in [0.29, 0.717) is 18.3 Å². The highest BCUT2D eigenvalue weighted by molar-refractivity contribution is 5.92. The molecule has 1 aliphatic rings. The molecule has 0 bridgehead atoms. The van der Waals surface area contributed by atoms with Gasteiger partial charge >= 0.3 is 0 Å². The van der Waals surface area contributed by atoms with Crippen LogP contribution in [0.1, 0.15) is 29.8 Å². The average Bonchev–Trinajstić information content (AvgIpc) is 3.19. The van der Waals surface area contributed by atoms with E-state index in [1.54, 1.807) is 12.1 Å². The van der Waals surface area contributed by atoms with Crippen molar-refractivity contribution < 1.29 is 4.79 Å². The third-order valence-corrected chi connectivity index (χ3v) is 2.89. The van der Waals surface area contributed by atoms with Crippen LogP contribution in [0.4, 0.5) is 5.82 Å². The van der Waals surface area contributed by atoms with E-state index in [9.17, 15) is 4.79 Å². The summed E-state index contributed by atoms with van der Waals surface area (Å²) in [5.74, 6) is 0.580. The fourth-order valence-corrected chi connectivity index (χ4v) is 1.65. The number of aromatic nitrogens is 2. The molecule has 1 aliphatic carbocycles. The Bertz CT molecular complexity index is 414. The van der Waals surface area contributed by atoms with Crippen LogP contribution in [0.25, 0.3) is 0 Å². The lowest BCUT2D eigenvalue weighted by Gasteiger charge is -2.09. The molecular weight excluding hydrogens is 242 g/mol. The third kappa shape index (κ3) is 4.82. The van der Waals surface area contributed by atoms with Gasteiger partial charge in [-0.3, -0.25) is 4.79 Å². The first-order valence-electron chi connectivity index (χ1n) is 6.68. The second-order valence-electron chi connectivity index (χ2n) is 5.14. The van der Waals surface area contributed by atoms with Crippen molar-refractivity contribution in [3.63, 3.8) is 0 Å². The molecule has 1 amide bonds. The highest BCUT2D eigenvalue weighted by Crippen LogP contribution is 2.23. The van der Waals surface area contributed by atoms with Crippen molar-refractivity contribution in [1.29, 1.82) is 0 Å². The van der Waals surface area contributed by atoms with Gasteiger partial charge in [-0.25, -0.2) is 0 Å². The molecule has 19 heavy (non-hydrogen) atoms. The summed E-state index contributed by atoms with van der Waals surface area (Å²) in [5, 5.41) is 14.0. The predicted octanol–water partition coefficient (Wildman–Crippen LogP) is 0.732. The first kappa shape index (κ1) is 13.7. The lowest BCUT2D eigenvalue weighted by Crippen LogP contribution is -2.28. The summed E-state index contributed by atoms with van der Waals surface area (Å²) in [7, 11) is 4.03. The van der Waals surface area contributed by atoms with Crippen molar-refractivity contribution in [3.8, 4) is 0 Å². The number of carbonyl (C=O) groups is 1. The average molecular weight is 263 g/mol. The molecule has 6 heteroatoms. The molecule has 0 aromatic carbocycles. The molecule has 0 aliphatic heterocycles. The van der Waals surface area contributed by atoms with Crippen LogP contribution in [0.15, 0.2) is 12.1 Å². The van der Waals surface area contributed by atoms with Crippen LogP contribution in [-0.4, -0.2) is 54.2 Å². The topological polar surface area (TPSA) is 70.2 Å². The molecule has 1 aromatic heterocycles. The molecule has 1 aromatic rings. The molecule has 2 N–H and O–H groups in total. The molecule has 1 saturated carbocycles. The fraction of sp³-hybridized carbons (Fsp3) is 0.615. The smallest absolute Gasteiger partial charge is 0.271 e. The Hall–Kier alpha value is -1.69. The summed E-state index contributed by atoms with van der Waals surface area (Å²) < 4.78 is 0. The SMILES string of the molecule is CN(C)CCCNC(=O)c1ccc(NC2CC2)nn1. The van der Waals surface area contributed by atoms with E-state index >= 15 is 0 Å². The summed E-state index contributed by atoms with van der Waals surface area (Å²) >= 11 is 0. The summed E-state index contributed by atoms with van der Waals surface area (Å²) in [6.45, 7) is 1.61. The Labute approximate surface area is 113 Å². The van der Waals surface area contributed by atoms with Gasteiger partial charge in [-0.15, -0.1) is 10.2 Å². The number of hydrogen-bond acceptors (Lipinski definition) is 5. The minimum Gasteiger partial charge on any atom is -0.366 e. The van der Waals surface area contributed by atoms with Crippen molar-refractivity contribution >= 4 is 11.7 Å². The van der Waals surface area contributed by atoms with Gasteiger partial charge in [0.05, 0.1) is 0 Å². The molecule has 0 saturated heterocycles. The molecule has 0 atom stereocenters. The van der Waals surface area contributed by atoms with Gasteiger partial charge in [-0.2, -0.15) is 0 Å². The van der Waals surface area contributed by atoms with Crippen LogP contribution in [0.3, 0.4) is 0 Å². The number of carbonyl (C=O) groups excluding carboxylic acids is 1. The van der Waals surface area contributed by atoms with Crippen molar-refractivity contribution in [2.24, 2.45) is 0 Å². The third-order valence-electron chi connectivity index (χ3n) is 2.89. The number of hydrogen-bond donors (Lipinski definition) is 2. The second-order valence-corrected chi connectivity index (χ2v) is 5.14. The Morgan fingerprint density at radius 1 is 1.37 bits per heavy atom. The van der Waals surface area contributed by atoms with Gasteiger partial charge < -0.3 is 15.5 Å². The predicted molar refractivity (Wildman–Crippen MR) is 74.2 cm³/mol. The maximum absolute atomic E-state index is 11.8. The van der Waals surface area contributed by atoms with Gasteiger partial charge in [-0.1, -0.05) is 0 Å². The van der Waals surface area contributed by atoms with Crippen LogP contribution < -0.4 is 10.6 Å². The van der Waals surface area contributed by atoms with E-state index in [0.717, 1.165) is 18.8 Å². The molecule has 1 fully saturated rings. The normalized spacial score (nSPS) is 14.5. The Morgan fingerprint density at radius 2 is 2.16 bits per heavy atom. The fourth-order valence-electron chi connectivity index (χ4n) is 1.65. The Morgan fingerprint density at radius 3 is 2.74 bits per heavy atom. The van der Waals surface area contributed by atoms with Crippen LogP contribution >= 0.6 is 0 Å². The monoisotopic (exact) mass is 263 g/mol. The zero-order chi connectivity index (χ0) is 13.7. The molecule has 6 nitrogen and oxygen atoms in total. The van der Waals surface area contributed by atoms with Crippen LogP contribution in [0.5, 0.6) is 0 Å². The summed E-state index contributed by atoms with van der Waals surface area (Å²) in [6.07, 6.45) is 3.30. The van der Waals surface area contributed by atoms with Crippen LogP contribution in [-0.2, 0) is 0 Å². The Kier molecular flexibility index (Phi) is 4.68. The first-order valence-corrected chi connectivity index (χ1v) is 6.68. The van der Waals surface area contributed by atoms with Crippen molar-refractivity contribution in [3.05, 3.63) is 17.8 Å². The molecule has 1 heterocycles. The number of anilines is 1. The van der Waals surface area contributed by atoms with Gasteiger partial charge in [0, 0.05) is 12.6 Å². The van der Waals surface area contributed by atoms with Gasteiger partial charge in [0.1, 0.15) is 5.82 Å². The van der Waals surface area contributed by atoms with Crippen LogP contribution in [0, 0.1) is 0 Å².